The minimum Gasteiger partial charge on any atom is -0.381 e. The summed E-state index contributed by atoms with van der Waals surface area (Å²) in [6.45, 7) is 7.17. The summed E-state index contributed by atoms with van der Waals surface area (Å²) in [4.78, 5) is 5.14. The maximum absolute atomic E-state index is 5.14. The van der Waals surface area contributed by atoms with E-state index in [1.165, 1.54) is 121 Å². The number of allylic oxidation sites excluding steroid dienone is 2. The molecule has 13 rings (SSSR count). The van der Waals surface area contributed by atoms with Crippen molar-refractivity contribution in [2.45, 2.75) is 6.92 Å². The van der Waals surface area contributed by atoms with Gasteiger partial charge in [-0.25, -0.2) is 0 Å². The molecule has 10 aromatic rings. The van der Waals surface area contributed by atoms with Gasteiger partial charge in [0.15, 0.2) is 0 Å². The Morgan fingerprint density at radius 2 is 1.25 bits per heavy atom. The average Bonchev–Trinajstić information content (AvgIpc) is 3.77. The lowest BCUT2D eigenvalue weighted by atomic mass is 9.87. The zero-order valence-corrected chi connectivity index (χ0v) is 32.5. The molecule has 2 nitrogen and oxygen atoms in total. The number of aryl methyl sites for hydroxylation is 1. The number of pyridine rings is 1. The summed E-state index contributed by atoms with van der Waals surface area (Å²) < 4.78 is 0. The Bertz CT molecular complexity index is 3640. The SMILES string of the molecule is C=C/C=C1/c2cc(-c3cc4c5c(c(-c6ccc7c(c6)-c6cccc8c6c-7cc6ccccc68)cc4c4ncccc34)C=CCN5)ccc2-c2cc3ccccc3c(C)c21. The van der Waals surface area contributed by atoms with Gasteiger partial charge in [-0.15, -0.1) is 0 Å². The highest BCUT2D eigenvalue weighted by Gasteiger charge is 2.28. The Hall–Kier alpha value is -7.55. The molecular weight excluding hydrogens is 713 g/mol. The molecule has 0 radical (unpaired) electrons. The second kappa shape index (κ2) is 12.0. The Morgan fingerprint density at radius 3 is 2.12 bits per heavy atom. The molecule has 0 amide bonds. The highest BCUT2D eigenvalue weighted by atomic mass is 14.9. The quantitative estimate of drug-likeness (QED) is 0.182. The van der Waals surface area contributed by atoms with Gasteiger partial charge in [0.05, 0.1) is 11.2 Å². The maximum atomic E-state index is 5.14. The molecule has 0 saturated carbocycles. The first-order chi connectivity index (χ1) is 29.1. The lowest BCUT2D eigenvalue weighted by Gasteiger charge is -2.22. The zero-order valence-electron chi connectivity index (χ0n) is 32.5. The zero-order chi connectivity index (χ0) is 38.9. The van der Waals surface area contributed by atoms with E-state index in [4.69, 9.17) is 4.98 Å². The van der Waals surface area contributed by atoms with Crippen LogP contribution >= 0.6 is 0 Å². The molecule has 0 atom stereocenters. The summed E-state index contributed by atoms with van der Waals surface area (Å²) in [7, 11) is 0. The average molecular weight is 749 g/mol. The molecule has 0 fully saturated rings. The standard InChI is InChI=1S/C57H36N2/c1-3-11-41-48-26-35(20-22-39(48)50-28-33-12-4-6-14-37(33)32(2)54(41)50)46-30-52-53(56-44(46)18-9-24-58-56)31-47(45-19-10-25-59-57(45)52)36-21-23-40-49(27-36)43-17-8-16-42-38-15-7-5-13-34(38)29-51(40)55(42)43/h3-24,26-31,59H,1,25H2,2H3/b41-11-. The van der Waals surface area contributed by atoms with Gasteiger partial charge >= 0.3 is 0 Å². The van der Waals surface area contributed by atoms with Crippen LogP contribution in [0.25, 0.3) is 121 Å². The minimum absolute atomic E-state index is 0.775. The molecule has 59 heavy (non-hydrogen) atoms. The van der Waals surface area contributed by atoms with Crippen LogP contribution in [0.2, 0.25) is 0 Å². The largest absolute Gasteiger partial charge is 0.381 e. The van der Waals surface area contributed by atoms with Crippen LogP contribution in [0, 0.1) is 6.92 Å². The second-order valence-electron chi connectivity index (χ2n) is 16.3. The lowest BCUT2D eigenvalue weighted by Crippen LogP contribution is -2.07. The van der Waals surface area contributed by atoms with E-state index in [1.807, 2.05) is 12.3 Å². The summed E-state index contributed by atoms with van der Waals surface area (Å²) in [6.07, 6.45) is 10.6. The number of anilines is 1. The molecule has 0 saturated heterocycles. The van der Waals surface area contributed by atoms with Crippen LogP contribution in [0.1, 0.15) is 22.3 Å². The lowest BCUT2D eigenvalue weighted by molar-refractivity contribution is 1.32. The first-order valence-electron chi connectivity index (χ1n) is 20.5. The van der Waals surface area contributed by atoms with Crippen LogP contribution in [-0.4, -0.2) is 11.5 Å². The molecule has 0 spiro atoms. The highest BCUT2D eigenvalue weighted by molar-refractivity contribution is 6.24. The van der Waals surface area contributed by atoms with Crippen molar-refractivity contribution in [3.8, 4) is 55.6 Å². The monoisotopic (exact) mass is 748 g/mol. The van der Waals surface area contributed by atoms with Crippen LogP contribution in [0.15, 0.2) is 171 Å². The van der Waals surface area contributed by atoms with Crippen LogP contribution in [0.5, 0.6) is 0 Å². The van der Waals surface area contributed by atoms with Crippen molar-refractivity contribution < 1.29 is 0 Å². The molecule has 1 N–H and O–H groups in total. The van der Waals surface area contributed by atoms with E-state index in [0.29, 0.717) is 0 Å². The molecule has 9 aromatic carbocycles. The molecule has 2 heterocycles. The summed E-state index contributed by atoms with van der Waals surface area (Å²) in [6, 6.07) is 52.2. The summed E-state index contributed by atoms with van der Waals surface area (Å²) in [5.74, 6) is 0. The molecule has 0 unspecified atom stereocenters. The van der Waals surface area contributed by atoms with E-state index in [9.17, 15) is 0 Å². The third-order valence-electron chi connectivity index (χ3n) is 13.3. The van der Waals surface area contributed by atoms with Crippen LogP contribution < -0.4 is 5.32 Å². The van der Waals surface area contributed by atoms with Crippen molar-refractivity contribution in [2.24, 2.45) is 0 Å². The van der Waals surface area contributed by atoms with Crippen molar-refractivity contribution in [3.05, 3.63) is 193 Å². The molecule has 1 aromatic heterocycles. The molecular formula is C57H36N2. The number of fused-ring (bicyclic) bond motifs is 14. The first kappa shape index (κ1) is 32.5. The van der Waals surface area contributed by atoms with Gasteiger partial charge < -0.3 is 5.32 Å². The Balaban J connectivity index is 1.01. The summed E-state index contributed by atoms with van der Waals surface area (Å²) >= 11 is 0. The second-order valence-corrected chi connectivity index (χ2v) is 16.3. The number of nitrogens with one attached hydrogen (secondary N) is 1. The summed E-state index contributed by atoms with van der Waals surface area (Å²) in [5.41, 5.74) is 21.1. The van der Waals surface area contributed by atoms with Crippen molar-refractivity contribution in [1.29, 1.82) is 0 Å². The molecule has 0 bridgehead atoms. The van der Waals surface area contributed by atoms with Crippen molar-refractivity contribution in [3.63, 3.8) is 0 Å². The number of hydrogen-bond donors (Lipinski definition) is 1. The van der Waals surface area contributed by atoms with Crippen molar-refractivity contribution >= 4 is 71.3 Å². The Labute approximate surface area is 342 Å². The molecule has 3 aliphatic rings. The number of hydrogen-bond acceptors (Lipinski definition) is 2. The van der Waals surface area contributed by atoms with Gasteiger partial charge in [0.25, 0.3) is 0 Å². The van der Waals surface area contributed by atoms with Crippen molar-refractivity contribution in [1.82, 2.24) is 4.98 Å². The topological polar surface area (TPSA) is 24.9 Å². The van der Waals surface area contributed by atoms with E-state index in [1.54, 1.807) is 0 Å². The normalized spacial score (nSPS) is 13.9. The van der Waals surface area contributed by atoms with Gasteiger partial charge in [-0.1, -0.05) is 128 Å². The first-order valence-corrected chi connectivity index (χ1v) is 20.5. The molecule has 2 heteroatoms. The highest BCUT2D eigenvalue weighted by Crippen LogP contribution is 2.53. The fraction of sp³-hybridized carbons (Fsp3) is 0.0351. The molecule has 2 aliphatic carbocycles. The van der Waals surface area contributed by atoms with Crippen molar-refractivity contribution in [2.75, 3.05) is 11.9 Å². The van der Waals surface area contributed by atoms with E-state index < -0.39 is 0 Å². The number of rotatable bonds is 3. The smallest absolute Gasteiger partial charge is 0.0787 e. The van der Waals surface area contributed by atoms with Crippen LogP contribution in [-0.2, 0) is 0 Å². The number of aromatic nitrogens is 1. The Morgan fingerprint density at radius 1 is 0.542 bits per heavy atom. The maximum Gasteiger partial charge on any atom is 0.0787 e. The van der Waals surface area contributed by atoms with Gasteiger partial charge in [0.1, 0.15) is 0 Å². The third kappa shape index (κ3) is 4.43. The third-order valence-corrected chi connectivity index (χ3v) is 13.3. The Kier molecular flexibility index (Phi) is 6.61. The molecule has 274 valence electrons. The summed E-state index contributed by atoms with van der Waals surface area (Å²) in [5, 5.41) is 15.1. The van der Waals surface area contributed by atoms with E-state index in [2.05, 4.69) is 177 Å². The van der Waals surface area contributed by atoms with Gasteiger partial charge in [0, 0.05) is 34.5 Å². The van der Waals surface area contributed by atoms with Gasteiger partial charge in [-0.05, 0) is 160 Å². The van der Waals surface area contributed by atoms with Gasteiger partial charge in [-0.3, -0.25) is 4.98 Å². The fourth-order valence-corrected chi connectivity index (χ4v) is 10.8. The van der Waals surface area contributed by atoms with E-state index in [-0.39, 0.29) is 0 Å². The van der Waals surface area contributed by atoms with E-state index >= 15 is 0 Å². The van der Waals surface area contributed by atoms with Crippen LogP contribution in [0.3, 0.4) is 0 Å². The number of benzene rings is 9. The minimum atomic E-state index is 0.775. The van der Waals surface area contributed by atoms with Crippen LogP contribution in [0.4, 0.5) is 5.69 Å². The van der Waals surface area contributed by atoms with E-state index in [0.717, 1.165) is 28.5 Å². The predicted molar refractivity (Wildman–Crippen MR) is 252 cm³/mol. The predicted octanol–water partition coefficient (Wildman–Crippen LogP) is 15.2. The van der Waals surface area contributed by atoms with Gasteiger partial charge in [0.2, 0.25) is 0 Å². The number of nitrogens with zero attached hydrogens (tertiary/aromatic N) is 1. The van der Waals surface area contributed by atoms with Gasteiger partial charge in [-0.2, -0.15) is 0 Å². The molecule has 1 aliphatic heterocycles. The fourth-order valence-electron chi connectivity index (χ4n) is 10.8.